The summed E-state index contributed by atoms with van der Waals surface area (Å²) >= 11 is 6.11. The van der Waals surface area contributed by atoms with Crippen LogP contribution in [0.15, 0.2) is 30.3 Å². The average Bonchev–Trinajstić information content (AvgIpc) is 3.14. The highest BCUT2D eigenvalue weighted by Crippen LogP contribution is 2.35. The standard InChI is InChI=1S/C25H25ClF3N3O4/c1-5-36-24(35)21-19(15-7-6-14(26)10-18(15)30-21)22(23(34)31-25(2,3)4)32(12-33)11-13-8-16(27)20(29)17(28)9-13/h6-10,12,22,30H,5,11H2,1-4H3,(H,31,34). The average molecular weight is 524 g/mol. The van der Waals surface area contributed by atoms with Gasteiger partial charge in [0.15, 0.2) is 17.5 Å². The van der Waals surface area contributed by atoms with Crippen molar-refractivity contribution < 1.29 is 32.3 Å². The number of aromatic nitrogens is 1. The number of ether oxygens (including phenoxy) is 1. The summed E-state index contributed by atoms with van der Waals surface area (Å²) in [6.07, 6.45) is 0.315. The van der Waals surface area contributed by atoms with Gasteiger partial charge in [-0.2, -0.15) is 0 Å². The van der Waals surface area contributed by atoms with Gasteiger partial charge in [0.2, 0.25) is 12.3 Å². The number of H-pyrrole nitrogens is 1. The van der Waals surface area contributed by atoms with Crippen LogP contribution in [-0.4, -0.2) is 40.3 Å². The van der Waals surface area contributed by atoms with Crippen molar-refractivity contribution in [3.05, 3.63) is 69.6 Å². The Bertz CT molecular complexity index is 1300. The van der Waals surface area contributed by atoms with E-state index >= 15 is 0 Å². The number of carbonyl (C=O) groups is 3. The van der Waals surface area contributed by atoms with Crippen LogP contribution < -0.4 is 5.32 Å². The van der Waals surface area contributed by atoms with E-state index in [1.807, 2.05) is 0 Å². The zero-order valence-electron chi connectivity index (χ0n) is 20.0. The third-order valence-electron chi connectivity index (χ3n) is 5.18. The smallest absolute Gasteiger partial charge is 0.355 e. The van der Waals surface area contributed by atoms with Crippen molar-refractivity contribution in [2.24, 2.45) is 0 Å². The molecule has 11 heteroatoms. The molecular formula is C25H25ClF3N3O4. The number of esters is 1. The van der Waals surface area contributed by atoms with E-state index < -0.39 is 47.5 Å². The fourth-order valence-corrected chi connectivity index (χ4v) is 4.00. The van der Waals surface area contributed by atoms with E-state index in [0.717, 1.165) is 17.0 Å². The molecule has 0 aliphatic heterocycles. The number of hydrogen-bond donors (Lipinski definition) is 2. The van der Waals surface area contributed by atoms with E-state index in [-0.39, 0.29) is 23.4 Å². The first-order valence-electron chi connectivity index (χ1n) is 11.0. The Labute approximate surface area is 210 Å². The van der Waals surface area contributed by atoms with E-state index in [9.17, 15) is 27.6 Å². The molecule has 0 aliphatic rings. The van der Waals surface area contributed by atoms with Crippen molar-refractivity contribution in [2.45, 2.75) is 45.8 Å². The number of fused-ring (bicyclic) bond motifs is 1. The summed E-state index contributed by atoms with van der Waals surface area (Å²) in [6.45, 7) is 6.34. The second kappa shape index (κ2) is 10.6. The molecule has 1 atom stereocenters. The number of benzene rings is 2. The maximum atomic E-state index is 13.9. The first kappa shape index (κ1) is 27.1. The Hall–Kier alpha value is -3.53. The second-order valence-electron chi connectivity index (χ2n) is 9.12. The largest absolute Gasteiger partial charge is 0.461 e. The minimum absolute atomic E-state index is 0.0405. The molecule has 36 heavy (non-hydrogen) atoms. The molecule has 0 saturated carbocycles. The van der Waals surface area contributed by atoms with Gasteiger partial charge in [-0.25, -0.2) is 18.0 Å². The van der Waals surface area contributed by atoms with Gasteiger partial charge in [-0.15, -0.1) is 0 Å². The molecule has 0 radical (unpaired) electrons. The highest BCUT2D eigenvalue weighted by molar-refractivity contribution is 6.31. The maximum absolute atomic E-state index is 13.9. The summed E-state index contributed by atoms with van der Waals surface area (Å²) in [5, 5.41) is 3.53. The Morgan fingerprint density at radius 1 is 1.17 bits per heavy atom. The van der Waals surface area contributed by atoms with Crippen LogP contribution in [0.5, 0.6) is 0 Å². The van der Waals surface area contributed by atoms with Crippen molar-refractivity contribution in [2.75, 3.05) is 6.61 Å². The lowest BCUT2D eigenvalue weighted by Gasteiger charge is -2.31. The summed E-state index contributed by atoms with van der Waals surface area (Å²) < 4.78 is 46.4. The van der Waals surface area contributed by atoms with E-state index in [0.29, 0.717) is 22.3 Å². The van der Waals surface area contributed by atoms with Gasteiger partial charge >= 0.3 is 5.97 Å². The minimum atomic E-state index is -1.66. The van der Waals surface area contributed by atoms with Gasteiger partial charge in [-0.05, 0) is 57.5 Å². The van der Waals surface area contributed by atoms with Crippen LogP contribution in [0, 0.1) is 17.5 Å². The molecule has 0 saturated heterocycles. The molecule has 0 aliphatic carbocycles. The number of rotatable bonds is 8. The molecule has 2 amide bonds. The third kappa shape index (κ3) is 5.81. The topological polar surface area (TPSA) is 91.5 Å². The first-order valence-corrected chi connectivity index (χ1v) is 11.4. The van der Waals surface area contributed by atoms with Crippen LogP contribution in [-0.2, 0) is 20.9 Å². The number of amides is 2. The lowest BCUT2D eigenvalue weighted by atomic mass is 9.98. The zero-order valence-corrected chi connectivity index (χ0v) is 20.8. The van der Waals surface area contributed by atoms with Crippen molar-refractivity contribution in [1.29, 1.82) is 0 Å². The first-order chi connectivity index (χ1) is 16.9. The zero-order chi connectivity index (χ0) is 26.8. The fourth-order valence-electron chi connectivity index (χ4n) is 3.82. The number of aromatic amines is 1. The molecule has 1 aromatic heterocycles. The SMILES string of the molecule is CCOC(=O)c1[nH]c2cc(Cl)ccc2c1C(C(=O)NC(C)(C)C)N(C=O)Cc1cc(F)c(F)c(F)c1. The van der Waals surface area contributed by atoms with Gasteiger partial charge < -0.3 is 19.9 Å². The van der Waals surface area contributed by atoms with E-state index in [4.69, 9.17) is 16.3 Å². The van der Waals surface area contributed by atoms with Crippen LogP contribution in [0.1, 0.15) is 55.4 Å². The monoisotopic (exact) mass is 523 g/mol. The third-order valence-corrected chi connectivity index (χ3v) is 5.41. The Morgan fingerprint density at radius 2 is 1.81 bits per heavy atom. The van der Waals surface area contributed by atoms with Crippen LogP contribution in [0.25, 0.3) is 10.9 Å². The summed E-state index contributed by atoms with van der Waals surface area (Å²) in [6, 6.07) is 4.68. The fraction of sp³-hybridized carbons (Fsp3) is 0.320. The van der Waals surface area contributed by atoms with Crippen molar-refractivity contribution >= 4 is 40.8 Å². The molecule has 0 bridgehead atoms. The molecule has 3 aromatic rings. The van der Waals surface area contributed by atoms with E-state index in [1.165, 1.54) is 6.07 Å². The van der Waals surface area contributed by atoms with Gasteiger partial charge in [0.05, 0.1) is 6.61 Å². The van der Waals surface area contributed by atoms with Gasteiger partial charge in [0, 0.05) is 33.6 Å². The van der Waals surface area contributed by atoms with E-state index in [1.54, 1.807) is 39.8 Å². The predicted molar refractivity (Wildman–Crippen MR) is 128 cm³/mol. The van der Waals surface area contributed by atoms with Crippen molar-refractivity contribution in [1.82, 2.24) is 15.2 Å². The quantitative estimate of drug-likeness (QED) is 0.246. The number of nitrogens with one attached hydrogen (secondary N) is 2. The highest BCUT2D eigenvalue weighted by Gasteiger charge is 2.36. The van der Waals surface area contributed by atoms with Crippen LogP contribution >= 0.6 is 11.6 Å². The Morgan fingerprint density at radius 3 is 2.36 bits per heavy atom. The summed E-state index contributed by atoms with van der Waals surface area (Å²) in [7, 11) is 0. The van der Waals surface area contributed by atoms with Crippen LogP contribution in [0.2, 0.25) is 5.02 Å². The normalized spacial score (nSPS) is 12.3. The molecule has 2 N–H and O–H groups in total. The van der Waals surface area contributed by atoms with Crippen molar-refractivity contribution in [3.8, 4) is 0 Å². The molecule has 1 heterocycles. The number of halogens is 4. The molecule has 192 valence electrons. The highest BCUT2D eigenvalue weighted by atomic mass is 35.5. The number of nitrogens with zero attached hydrogens (tertiary/aromatic N) is 1. The lowest BCUT2D eigenvalue weighted by Crippen LogP contribution is -2.47. The van der Waals surface area contributed by atoms with Gasteiger partial charge in [-0.1, -0.05) is 17.7 Å². The van der Waals surface area contributed by atoms with E-state index in [2.05, 4.69) is 10.3 Å². The molecular weight excluding hydrogens is 499 g/mol. The molecule has 2 aromatic carbocycles. The van der Waals surface area contributed by atoms with Crippen molar-refractivity contribution in [3.63, 3.8) is 0 Å². The summed E-state index contributed by atoms with van der Waals surface area (Å²) in [4.78, 5) is 42.6. The molecule has 0 spiro atoms. The molecule has 1 unspecified atom stereocenters. The number of hydrogen-bond acceptors (Lipinski definition) is 4. The Kier molecular flexibility index (Phi) is 7.98. The van der Waals surface area contributed by atoms with Gasteiger partial charge in [0.25, 0.3) is 0 Å². The van der Waals surface area contributed by atoms with Gasteiger partial charge in [0.1, 0.15) is 11.7 Å². The predicted octanol–water partition coefficient (Wildman–Crippen LogP) is 5.03. The summed E-state index contributed by atoms with van der Waals surface area (Å²) in [5.41, 5.74) is -0.424. The number of carbonyl (C=O) groups excluding carboxylic acids is 3. The molecule has 3 rings (SSSR count). The molecule has 7 nitrogen and oxygen atoms in total. The van der Waals surface area contributed by atoms with Crippen LogP contribution in [0.3, 0.4) is 0 Å². The minimum Gasteiger partial charge on any atom is -0.461 e. The van der Waals surface area contributed by atoms with Crippen LogP contribution in [0.4, 0.5) is 13.2 Å². The van der Waals surface area contributed by atoms with Gasteiger partial charge in [-0.3, -0.25) is 9.59 Å². The second-order valence-corrected chi connectivity index (χ2v) is 9.55. The Balaban J connectivity index is 2.24. The summed E-state index contributed by atoms with van der Waals surface area (Å²) in [5.74, 6) is -5.99. The lowest BCUT2D eigenvalue weighted by molar-refractivity contribution is -0.134. The maximum Gasteiger partial charge on any atom is 0.355 e. The molecule has 0 fully saturated rings.